The minimum atomic E-state index is -0.926. The lowest BCUT2D eigenvalue weighted by Crippen LogP contribution is -2.56. The van der Waals surface area contributed by atoms with Crippen LogP contribution in [0.4, 0.5) is 15.3 Å². The number of para-hydroxylation sites is 1. The number of aromatic amines is 1. The zero-order valence-corrected chi connectivity index (χ0v) is 29.8. The minimum Gasteiger partial charge on any atom is -0.436 e. The molecule has 4 amide bonds. The number of fused-ring (bicyclic) bond motifs is 2. The molecule has 50 heavy (non-hydrogen) atoms. The molecule has 268 valence electrons. The molecule has 5 heterocycles. The Bertz CT molecular complexity index is 1670. The maximum atomic E-state index is 14.2. The van der Waals surface area contributed by atoms with E-state index in [2.05, 4.69) is 45.2 Å². The normalized spacial score (nSPS) is 20.9. The Balaban J connectivity index is 0.985. The summed E-state index contributed by atoms with van der Waals surface area (Å²) in [6.45, 7) is 13.8. The van der Waals surface area contributed by atoms with E-state index >= 15 is 0 Å². The lowest BCUT2D eigenvalue weighted by Gasteiger charge is -2.44. The standard InChI is InChI=1S/C38H52N8O4/c1-26(2)42-18-20-43(21-19-42)31-9-13-44(14-10-31)36(47)34(24-28-22-27(3)35-30(23-28)25-39-41-35)50-38(49)45-15-11-32(12-16-45)46-17-8-29-6-4-5-7-33(29)40-37(46)48/h4-7,22-23,25-26,31-32,34H,8-21,24H2,1-3H3,(H,39,41)(H,40,48). The fourth-order valence-corrected chi connectivity index (χ4v) is 8.39. The molecule has 2 N–H and O–H groups in total. The molecular formula is C38H52N8O4. The Morgan fingerprint density at radius 2 is 1.60 bits per heavy atom. The predicted octanol–water partition coefficient (Wildman–Crippen LogP) is 4.49. The van der Waals surface area contributed by atoms with Crippen molar-refractivity contribution in [3.8, 4) is 0 Å². The van der Waals surface area contributed by atoms with Crippen LogP contribution in [0, 0.1) is 6.92 Å². The van der Waals surface area contributed by atoms with Gasteiger partial charge in [-0.15, -0.1) is 0 Å². The van der Waals surface area contributed by atoms with Gasteiger partial charge >= 0.3 is 12.1 Å². The van der Waals surface area contributed by atoms with Crippen LogP contribution in [-0.4, -0.2) is 136 Å². The summed E-state index contributed by atoms with van der Waals surface area (Å²) in [7, 11) is 0. The van der Waals surface area contributed by atoms with Gasteiger partial charge < -0.3 is 24.8 Å². The van der Waals surface area contributed by atoms with Gasteiger partial charge in [0.25, 0.3) is 5.91 Å². The monoisotopic (exact) mass is 684 g/mol. The molecule has 0 bridgehead atoms. The zero-order valence-electron chi connectivity index (χ0n) is 29.8. The molecule has 0 radical (unpaired) electrons. The van der Waals surface area contributed by atoms with Crippen molar-refractivity contribution in [1.29, 1.82) is 0 Å². The van der Waals surface area contributed by atoms with Crippen molar-refractivity contribution in [1.82, 2.24) is 34.7 Å². The zero-order chi connectivity index (χ0) is 34.8. The topological polar surface area (TPSA) is 117 Å². The fourth-order valence-electron chi connectivity index (χ4n) is 8.39. The Morgan fingerprint density at radius 3 is 2.34 bits per heavy atom. The Hall–Kier alpha value is -4.16. The molecule has 1 atom stereocenters. The third kappa shape index (κ3) is 7.46. The van der Waals surface area contributed by atoms with Crippen LogP contribution in [0.2, 0.25) is 0 Å². The smallest absolute Gasteiger partial charge is 0.410 e. The van der Waals surface area contributed by atoms with E-state index in [1.807, 2.05) is 47.1 Å². The molecule has 3 aromatic rings. The maximum absolute atomic E-state index is 14.2. The lowest BCUT2D eigenvalue weighted by atomic mass is 9.99. The number of carbonyl (C=O) groups excluding carboxylic acids is 3. The summed E-state index contributed by atoms with van der Waals surface area (Å²) in [6.07, 6.45) is 4.66. The Morgan fingerprint density at radius 1 is 0.900 bits per heavy atom. The second kappa shape index (κ2) is 15.0. The van der Waals surface area contributed by atoms with Crippen LogP contribution in [-0.2, 0) is 22.4 Å². The highest BCUT2D eigenvalue weighted by Gasteiger charge is 2.36. The van der Waals surface area contributed by atoms with Gasteiger partial charge in [-0.05, 0) is 81.7 Å². The number of benzene rings is 2. The number of aromatic nitrogens is 2. The van der Waals surface area contributed by atoms with Crippen LogP contribution in [0.5, 0.6) is 0 Å². The number of aryl methyl sites for hydroxylation is 1. The number of carbonyl (C=O) groups is 3. The fraction of sp³-hybridized carbons (Fsp3) is 0.579. The molecule has 2 aromatic carbocycles. The molecule has 3 saturated heterocycles. The lowest BCUT2D eigenvalue weighted by molar-refractivity contribution is -0.142. The van der Waals surface area contributed by atoms with Crippen LogP contribution >= 0.6 is 0 Å². The third-order valence-electron chi connectivity index (χ3n) is 11.4. The van der Waals surface area contributed by atoms with Crippen LogP contribution in [0.15, 0.2) is 42.6 Å². The predicted molar refractivity (Wildman–Crippen MR) is 193 cm³/mol. The van der Waals surface area contributed by atoms with Crippen LogP contribution in [0.25, 0.3) is 10.9 Å². The molecule has 7 rings (SSSR count). The summed E-state index contributed by atoms with van der Waals surface area (Å²) >= 11 is 0. The van der Waals surface area contributed by atoms with Crippen molar-refractivity contribution in [3.05, 3.63) is 59.3 Å². The van der Waals surface area contributed by atoms with Crippen molar-refractivity contribution in [3.63, 3.8) is 0 Å². The summed E-state index contributed by atoms with van der Waals surface area (Å²) in [5, 5.41) is 11.3. The van der Waals surface area contributed by atoms with Crippen molar-refractivity contribution >= 4 is 34.6 Å². The van der Waals surface area contributed by atoms with Crippen LogP contribution in [0.1, 0.15) is 56.2 Å². The number of likely N-dealkylation sites (tertiary alicyclic amines) is 2. The number of piperazine rings is 1. The average Bonchev–Trinajstić information content (AvgIpc) is 3.54. The first kappa shape index (κ1) is 34.3. The summed E-state index contributed by atoms with van der Waals surface area (Å²) < 4.78 is 6.15. The number of nitrogens with one attached hydrogen (secondary N) is 2. The number of ether oxygens (including phenoxy) is 1. The number of H-pyrrole nitrogens is 1. The van der Waals surface area contributed by atoms with Gasteiger partial charge in [0.2, 0.25) is 0 Å². The van der Waals surface area contributed by atoms with E-state index in [1.54, 1.807) is 11.1 Å². The third-order valence-corrected chi connectivity index (χ3v) is 11.4. The summed E-state index contributed by atoms with van der Waals surface area (Å²) in [5.41, 5.74) is 4.94. The summed E-state index contributed by atoms with van der Waals surface area (Å²) in [5.74, 6) is -0.123. The first-order valence-corrected chi connectivity index (χ1v) is 18.5. The van der Waals surface area contributed by atoms with Gasteiger partial charge in [-0.25, -0.2) is 9.59 Å². The first-order chi connectivity index (χ1) is 24.2. The molecule has 0 spiro atoms. The molecule has 1 unspecified atom stereocenters. The summed E-state index contributed by atoms with van der Waals surface area (Å²) in [4.78, 5) is 51.7. The van der Waals surface area contributed by atoms with E-state index in [0.717, 1.165) is 78.7 Å². The maximum Gasteiger partial charge on any atom is 0.410 e. The summed E-state index contributed by atoms with van der Waals surface area (Å²) in [6, 6.07) is 13.0. The highest BCUT2D eigenvalue weighted by atomic mass is 16.6. The van der Waals surface area contributed by atoms with E-state index in [9.17, 15) is 14.4 Å². The molecule has 0 saturated carbocycles. The number of hydrogen-bond acceptors (Lipinski definition) is 7. The number of nitrogens with zero attached hydrogens (tertiary/aromatic N) is 6. The highest BCUT2D eigenvalue weighted by molar-refractivity contribution is 5.91. The molecule has 4 aliphatic heterocycles. The molecule has 1 aromatic heterocycles. The largest absolute Gasteiger partial charge is 0.436 e. The van der Waals surface area contributed by atoms with Crippen LogP contribution < -0.4 is 5.32 Å². The number of piperidine rings is 2. The Kier molecular flexibility index (Phi) is 10.3. The number of amides is 4. The van der Waals surface area contributed by atoms with Gasteiger partial charge in [-0.1, -0.05) is 24.3 Å². The van der Waals surface area contributed by atoms with Crippen molar-refractivity contribution in [2.45, 2.75) is 83.5 Å². The van der Waals surface area contributed by atoms with E-state index in [1.165, 1.54) is 0 Å². The Labute approximate surface area is 295 Å². The van der Waals surface area contributed by atoms with E-state index in [0.29, 0.717) is 64.1 Å². The number of hydrogen-bond donors (Lipinski definition) is 2. The van der Waals surface area contributed by atoms with Gasteiger partial charge in [-0.3, -0.25) is 19.7 Å². The molecule has 3 fully saturated rings. The van der Waals surface area contributed by atoms with E-state index in [-0.39, 0.29) is 18.0 Å². The van der Waals surface area contributed by atoms with E-state index < -0.39 is 12.2 Å². The van der Waals surface area contributed by atoms with Gasteiger partial charge in [-0.2, -0.15) is 5.10 Å². The van der Waals surface area contributed by atoms with Crippen molar-refractivity contribution in [2.75, 3.05) is 64.2 Å². The molecule has 0 aliphatic carbocycles. The van der Waals surface area contributed by atoms with Crippen molar-refractivity contribution < 1.29 is 19.1 Å². The number of rotatable bonds is 7. The van der Waals surface area contributed by atoms with E-state index in [4.69, 9.17) is 4.74 Å². The second-order valence-electron chi connectivity index (χ2n) is 14.8. The van der Waals surface area contributed by atoms with Gasteiger partial charge in [0, 0.05) is 94.5 Å². The molecule has 12 heteroatoms. The molecule has 4 aliphatic rings. The van der Waals surface area contributed by atoms with Crippen LogP contribution in [0.3, 0.4) is 0 Å². The highest BCUT2D eigenvalue weighted by Crippen LogP contribution is 2.27. The molecular weight excluding hydrogens is 632 g/mol. The quantitative estimate of drug-likeness (QED) is 0.377. The van der Waals surface area contributed by atoms with Crippen molar-refractivity contribution in [2.24, 2.45) is 0 Å². The first-order valence-electron chi connectivity index (χ1n) is 18.5. The molecule has 12 nitrogen and oxygen atoms in total. The van der Waals surface area contributed by atoms with Gasteiger partial charge in [0.15, 0.2) is 6.10 Å². The minimum absolute atomic E-state index is 0.0325. The average molecular weight is 685 g/mol. The number of anilines is 1. The second-order valence-corrected chi connectivity index (χ2v) is 14.8. The number of urea groups is 1. The van der Waals surface area contributed by atoms with Gasteiger partial charge in [0.05, 0.1) is 11.7 Å². The SMILES string of the molecule is Cc1cc(CC(OC(=O)N2CCC(N3CCc4ccccc4NC3=O)CC2)C(=O)N2CCC(N3CCN(C(C)C)CC3)CC2)cc2cn[nH]c12. The van der Waals surface area contributed by atoms with Gasteiger partial charge in [0.1, 0.15) is 0 Å².